The number of hydrogen-bond donors (Lipinski definition) is 1. The molecule has 0 aromatic carbocycles. The van der Waals surface area contributed by atoms with Crippen LogP contribution < -0.4 is 0 Å². The summed E-state index contributed by atoms with van der Waals surface area (Å²) in [6.45, 7) is -0.250. The van der Waals surface area contributed by atoms with Crippen LogP contribution in [0.25, 0.3) is 0 Å². The van der Waals surface area contributed by atoms with Gasteiger partial charge in [0, 0.05) is 29.2 Å². The second-order valence-electron chi connectivity index (χ2n) is 0.105. The molecule has 0 aliphatic carbocycles. The van der Waals surface area contributed by atoms with Gasteiger partial charge in [0.1, 0.15) is 0 Å². The van der Waals surface area contributed by atoms with Gasteiger partial charge in [0.05, 0.1) is 0 Å². The average molecular weight is 290 g/mol. The van der Waals surface area contributed by atoms with Gasteiger partial charge in [-0.05, 0) is 0 Å². The molecule has 4 heavy (non-hydrogen) atoms. The van der Waals surface area contributed by atoms with Gasteiger partial charge in [0.2, 0.25) is 0 Å². The zero-order valence-electron chi connectivity index (χ0n) is 1.84. The molecule has 0 heterocycles. The Hall–Kier alpha value is 0.457. The molecule has 0 unspecified atom stereocenters. The zero-order chi connectivity index (χ0) is 2.71. The van der Waals surface area contributed by atoms with Crippen LogP contribution in [0.1, 0.15) is 0 Å². The van der Waals surface area contributed by atoms with Gasteiger partial charge in [-0.1, -0.05) is 0 Å². The van der Waals surface area contributed by atoms with Gasteiger partial charge in [0.15, 0.2) is 0 Å². The largest absolute Gasteiger partial charge is 0.483 e. The molecule has 1 N–H and O–H groups in total. The Balaban J connectivity index is 0. The Bertz CT molecular complexity index is 13.5. The van der Waals surface area contributed by atoms with Crippen molar-refractivity contribution in [3.63, 3.8) is 0 Å². The van der Waals surface area contributed by atoms with E-state index in [1.165, 1.54) is 0 Å². The Morgan fingerprint density at radius 3 is 1.75 bits per heavy atom. The van der Waals surface area contributed by atoms with Crippen LogP contribution in [0.15, 0.2) is 0 Å². The first-order valence-corrected chi connectivity index (χ1v) is 0.494. The second-order valence-corrected chi connectivity index (χ2v) is 0.105. The molecular weight excluding hydrogens is 288 g/mol. The van der Waals surface area contributed by atoms with Crippen molar-refractivity contribution in [1.82, 2.24) is 0 Å². The topological polar surface area (TPSA) is 37.3 Å². The van der Waals surface area contributed by atoms with Gasteiger partial charge >= 0.3 is 0 Å². The maximum absolute atomic E-state index is 8.36. The first-order valence-electron chi connectivity index (χ1n) is 0.494. The summed E-state index contributed by atoms with van der Waals surface area (Å²) in [5.74, 6) is 0. The molecule has 0 atom stereocenters. The van der Waals surface area contributed by atoms with E-state index in [1.54, 1.807) is 0 Å². The molecule has 0 spiro atoms. The smallest absolute Gasteiger partial charge is 0.290 e. The van der Waals surface area contributed by atoms with E-state index in [-0.39, 0.29) is 35.6 Å². The van der Waals surface area contributed by atoms with E-state index < -0.39 is 0 Å². The first-order chi connectivity index (χ1) is 1.41. The van der Waals surface area contributed by atoms with Gasteiger partial charge in [-0.15, -0.1) is 0 Å². The van der Waals surface area contributed by atoms with Crippen molar-refractivity contribution in [1.29, 1.82) is 0 Å². The van der Waals surface area contributed by atoms with Crippen LogP contribution in [0, 0.1) is 29.2 Å². The normalized spacial score (nSPS) is 3.00. The molecule has 0 aromatic rings. The molecule has 0 rings (SSSR count). The van der Waals surface area contributed by atoms with Gasteiger partial charge < -0.3 is 5.11 Å². The summed E-state index contributed by atoms with van der Waals surface area (Å²) in [7, 11) is 0. The summed E-state index contributed by atoms with van der Waals surface area (Å²) < 4.78 is 0. The summed E-state index contributed by atoms with van der Waals surface area (Å²) in [4.78, 5) is 8.36. The van der Waals surface area contributed by atoms with Crippen molar-refractivity contribution in [2.45, 2.75) is 0 Å². The molecule has 0 amide bonds. The third kappa shape index (κ3) is 25.0. The molecule has 0 radical (unpaired) electrons. The molecule has 0 saturated carbocycles. The van der Waals surface area contributed by atoms with Gasteiger partial charge in [-0.3, -0.25) is 4.79 Å². The van der Waals surface area contributed by atoms with Crippen LogP contribution in [0.3, 0.4) is 0 Å². The molecule has 0 bridgehead atoms. The van der Waals surface area contributed by atoms with Crippen molar-refractivity contribution >= 4 is 6.47 Å². The van der Waals surface area contributed by atoms with E-state index >= 15 is 0 Å². The molecule has 0 aliphatic rings. The van der Waals surface area contributed by atoms with Crippen LogP contribution in [0.4, 0.5) is 0 Å². The maximum Gasteiger partial charge on any atom is 0.290 e. The fraction of sp³-hybridized carbons (Fsp3) is 0. The van der Waals surface area contributed by atoms with E-state index in [1.807, 2.05) is 0 Å². The molecule has 0 fully saturated rings. The third-order valence-electron chi connectivity index (χ3n) is 0. The maximum atomic E-state index is 8.36. The van der Waals surface area contributed by atoms with E-state index in [4.69, 9.17) is 9.90 Å². The fourth-order valence-electron chi connectivity index (χ4n) is 0. The number of carboxylic acid groups (broad SMARTS) is 1. The summed E-state index contributed by atoms with van der Waals surface area (Å²) in [5, 5.41) is 6.89. The minimum Gasteiger partial charge on any atom is -0.483 e. The van der Waals surface area contributed by atoms with Gasteiger partial charge in [0.25, 0.3) is 6.47 Å². The predicted molar refractivity (Wildman–Crippen MR) is 8.69 cm³/mol. The predicted octanol–water partition coefficient (Wildman–Crippen LogP) is -0.299. The molecule has 0 aliphatic heterocycles. The van der Waals surface area contributed by atoms with E-state index in [2.05, 4.69) is 0 Å². The summed E-state index contributed by atoms with van der Waals surface area (Å²) >= 11 is 0. The van der Waals surface area contributed by atoms with Crippen molar-refractivity contribution in [2.24, 2.45) is 0 Å². The molecule has 24 valence electrons. The minimum absolute atomic E-state index is 0. The van der Waals surface area contributed by atoms with Crippen LogP contribution in [0.5, 0.6) is 0 Å². The third-order valence-corrected chi connectivity index (χ3v) is 0. The number of rotatable bonds is 0. The Morgan fingerprint density at radius 1 is 1.75 bits per heavy atom. The monoisotopic (exact) mass is 284 g/mol. The standard InChI is InChI=1S/CH2O2.Pu/c2-1-3;/h1H,(H,2,3);. The molecule has 3 heteroatoms. The van der Waals surface area contributed by atoms with Crippen molar-refractivity contribution in [2.75, 3.05) is 0 Å². The Labute approximate surface area is 45.7 Å². The number of carbonyl (C=O) groups is 1. The average Bonchev–Trinajstić information content (AvgIpc) is 0.918. The van der Waals surface area contributed by atoms with Crippen LogP contribution in [-0.2, 0) is 4.79 Å². The van der Waals surface area contributed by atoms with Crippen LogP contribution >= 0.6 is 0 Å². The Kier molecular flexibility index (Phi) is 21.7. The van der Waals surface area contributed by atoms with E-state index in [9.17, 15) is 0 Å². The zero-order valence-corrected chi connectivity index (χ0v) is 5.24. The fourth-order valence-corrected chi connectivity index (χ4v) is 0. The van der Waals surface area contributed by atoms with E-state index in [0.29, 0.717) is 0 Å². The molecule has 0 aromatic heterocycles. The summed E-state index contributed by atoms with van der Waals surface area (Å²) in [5.41, 5.74) is 0. The van der Waals surface area contributed by atoms with Crippen LogP contribution in [0.2, 0.25) is 0 Å². The second kappa shape index (κ2) is 9.83. The summed E-state index contributed by atoms with van der Waals surface area (Å²) in [6, 6.07) is 0. The number of hydrogen-bond acceptors (Lipinski definition) is 1. The minimum atomic E-state index is -0.250. The molecular formula is CH2O2Pu. The van der Waals surface area contributed by atoms with Crippen LogP contribution in [-0.4, -0.2) is 11.6 Å². The van der Waals surface area contributed by atoms with Crippen molar-refractivity contribution in [3.8, 4) is 0 Å². The summed E-state index contributed by atoms with van der Waals surface area (Å²) in [6.07, 6.45) is 0. The van der Waals surface area contributed by atoms with Gasteiger partial charge in [-0.2, -0.15) is 0 Å². The van der Waals surface area contributed by atoms with Gasteiger partial charge in [-0.25, -0.2) is 0 Å². The van der Waals surface area contributed by atoms with Crippen molar-refractivity contribution in [3.05, 3.63) is 0 Å². The SMILES string of the molecule is O=CO.[Pu]. The van der Waals surface area contributed by atoms with E-state index in [0.717, 1.165) is 0 Å². The quantitative estimate of drug-likeness (QED) is 0.622. The van der Waals surface area contributed by atoms with Crippen molar-refractivity contribution < 1.29 is 39.1 Å². The molecule has 0 saturated heterocycles. The molecule has 2 nitrogen and oxygen atoms in total. The first kappa shape index (κ1) is 8.82. The Morgan fingerprint density at radius 2 is 1.75 bits per heavy atom.